The quantitative estimate of drug-likeness (QED) is 0.519. The van der Waals surface area contributed by atoms with E-state index >= 15 is 0 Å². The van der Waals surface area contributed by atoms with Gasteiger partial charge < -0.3 is 4.74 Å². The molecular weight excluding hydrogens is 195 g/mol. The van der Waals surface area contributed by atoms with Gasteiger partial charge in [-0.25, -0.2) is 4.79 Å². The van der Waals surface area contributed by atoms with Crippen molar-refractivity contribution >= 4 is 5.97 Å². The van der Waals surface area contributed by atoms with Crippen molar-refractivity contribution in [2.24, 2.45) is 11.8 Å². The van der Waals surface area contributed by atoms with Gasteiger partial charge in [0.25, 0.3) is 0 Å². The molecule has 0 spiro atoms. The van der Waals surface area contributed by atoms with Crippen LogP contribution in [0.1, 0.15) is 41.0 Å². The molecule has 0 aliphatic carbocycles. The van der Waals surface area contributed by atoms with E-state index in [9.17, 15) is 9.18 Å². The van der Waals surface area contributed by atoms with Gasteiger partial charge in [-0.1, -0.05) is 41.2 Å². The predicted molar refractivity (Wildman–Crippen MR) is 59.0 cm³/mol. The molecule has 0 aromatic rings. The Morgan fingerprint density at radius 2 is 1.73 bits per heavy atom. The van der Waals surface area contributed by atoms with Crippen LogP contribution in [-0.2, 0) is 9.53 Å². The first kappa shape index (κ1) is 14.1. The van der Waals surface area contributed by atoms with Crippen LogP contribution in [0.25, 0.3) is 0 Å². The molecule has 0 aliphatic rings. The zero-order valence-electron chi connectivity index (χ0n) is 10.3. The summed E-state index contributed by atoms with van der Waals surface area (Å²) in [6, 6.07) is 0. The van der Waals surface area contributed by atoms with E-state index in [0.717, 1.165) is 0 Å². The van der Waals surface area contributed by atoms with Crippen LogP contribution in [-0.4, -0.2) is 11.6 Å². The van der Waals surface area contributed by atoms with Crippen LogP contribution in [0.15, 0.2) is 12.4 Å². The van der Waals surface area contributed by atoms with Crippen molar-refractivity contribution in [1.82, 2.24) is 0 Å². The lowest BCUT2D eigenvalue weighted by atomic mass is 9.78. The Balaban J connectivity index is 4.94. The Morgan fingerprint density at radius 1 is 1.33 bits per heavy atom. The fourth-order valence-corrected chi connectivity index (χ4v) is 2.02. The Hall–Kier alpha value is -0.860. The van der Waals surface area contributed by atoms with Gasteiger partial charge in [0.15, 0.2) is 0 Å². The number of rotatable bonds is 5. The molecule has 0 N–H and O–H groups in total. The van der Waals surface area contributed by atoms with E-state index in [4.69, 9.17) is 4.74 Å². The fourth-order valence-electron chi connectivity index (χ4n) is 2.02. The smallest absolute Gasteiger partial charge is 0.367 e. The molecule has 0 aromatic carbocycles. The standard InChI is InChI=1S/C12H21FO2/c1-7-12(8(2)3,9(4)5)15-11(14)10(6)13/h8-9H,6-7H2,1-5H3. The SMILES string of the molecule is C=C(F)C(=O)OC(CC)(C(C)C)C(C)C. The third-order valence-electron chi connectivity index (χ3n) is 3.01. The molecule has 0 radical (unpaired) electrons. The van der Waals surface area contributed by atoms with Gasteiger partial charge in [-0.05, 0) is 18.3 Å². The number of carbonyl (C=O) groups is 1. The van der Waals surface area contributed by atoms with Crippen molar-refractivity contribution in [3.05, 3.63) is 12.4 Å². The summed E-state index contributed by atoms with van der Waals surface area (Å²) in [4.78, 5) is 11.2. The third-order valence-corrected chi connectivity index (χ3v) is 3.01. The summed E-state index contributed by atoms with van der Waals surface area (Å²) in [6.07, 6.45) is 0.668. The van der Waals surface area contributed by atoms with Gasteiger partial charge >= 0.3 is 5.97 Å². The second kappa shape index (κ2) is 5.29. The minimum Gasteiger partial charge on any atom is -0.453 e. The molecule has 0 aromatic heterocycles. The van der Waals surface area contributed by atoms with E-state index in [2.05, 4.69) is 6.58 Å². The van der Waals surface area contributed by atoms with Crippen molar-refractivity contribution < 1.29 is 13.9 Å². The van der Waals surface area contributed by atoms with Gasteiger partial charge in [-0.2, -0.15) is 4.39 Å². The van der Waals surface area contributed by atoms with Gasteiger partial charge in [0, 0.05) is 0 Å². The van der Waals surface area contributed by atoms with Crippen molar-refractivity contribution in [3.63, 3.8) is 0 Å². The summed E-state index contributed by atoms with van der Waals surface area (Å²) in [5, 5.41) is 0. The van der Waals surface area contributed by atoms with Crippen LogP contribution in [0.4, 0.5) is 4.39 Å². The van der Waals surface area contributed by atoms with E-state index in [0.29, 0.717) is 6.42 Å². The molecular formula is C12H21FO2. The molecule has 0 fully saturated rings. The van der Waals surface area contributed by atoms with Crippen LogP contribution in [0.5, 0.6) is 0 Å². The molecule has 2 nitrogen and oxygen atoms in total. The van der Waals surface area contributed by atoms with Crippen LogP contribution in [0, 0.1) is 11.8 Å². The molecule has 0 amide bonds. The lowest BCUT2D eigenvalue weighted by Gasteiger charge is -2.39. The summed E-state index contributed by atoms with van der Waals surface area (Å²) in [5.41, 5.74) is -0.605. The first-order chi connectivity index (χ1) is 6.77. The molecule has 0 aliphatic heterocycles. The largest absolute Gasteiger partial charge is 0.453 e. The zero-order chi connectivity index (χ0) is 12.2. The van der Waals surface area contributed by atoms with Crippen LogP contribution < -0.4 is 0 Å². The first-order valence-electron chi connectivity index (χ1n) is 5.35. The number of carbonyl (C=O) groups excluding carboxylic acids is 1. The minimum atomic E-state index is -1.03. The highest BCUT2D eigenvalue weighted by atomic mass is 19.1. The molecule has 0 saturated heterocycles. The molecule has 0 bridgehead atoms. The van der Waals surface area contributed by atoms with Crippen LogP contribution in [0.3, 0.4) is 0 Å². The van der Waals surface area contributed by atoms with Crippen molar-refractivity contribution in [3.8, 4) is 0 Å². The second-order valence-electron chi connectivity index (χ2n) is 4.41. The van der Waals surface area contributed by atoms with Crippen molar-refractivity contribution in [2.45, 2.75) is 46.6 Å². The number of hydrogen-bond donors (Lipinski definition) is 0. The molecule has 0 heterocycles. The Kier molecular flexibility index (Phi) is 4.98. The summed E-state index contributed by atoms with van der Waals surface area (Å²) >= 11 is 0. The number of esters is 1. The van der Waals surface area contributed by atoms with E-state index in [-0.39, 0.29) is 11.8 Å². The molecule has 0 atom stereocenters. The molecule has 3 heteroatoms. The van der Waals surface area contributed by atoms with Gasteiger partial charge in [0.2, 0.25) is 5.83 Å². The molecule has 0 saturated carbocycles. The molecule has 15 heavy (non-hydrogen) atoms. The third kappa shape index (κ3) is 3.05. The zero-order valence-corrected chi connectivity index (χ0v) is 10.3. The highest BCUT2D eigenvalue weighted by molar-refractivity contribution is 5.85. The lowest BCUT2D eigenvalue weighted by Crippen LogP contribution is -2.44. The Bertz CT molecular complexity index is 236. The van der Waals surface area contributed by atoms with Gasteiger partial charge in [-0.15, -0.1) is 0 Å². The topological polar surface area (TPSA) is 26.3 Å². The molecule has 0 unspecified atom stereocenters. The number of hydrogen-bond acceptors (Lipinski definition) is 2. The summed E-state index contributed by atoms with van der Waals surface area (Å²) in [5.74, 6) is -1.69. The van der Waals surface area contributed by atoms with Gasteiger partial charge in [-0.3, -0.25) is 0 Å². The maximum atomic E-state index is 12.6. The maximum Gasteiger partial charge on any atom is 0.367 e. The van der Waals surface area contributed by atoms with E-state index in [1.165, 1.54) is 0 Å². The number of ether oxygens (including phenoxy) is 1. The Labute approximate surface area is 91.5 Å². The Morgan fingerprint density at radius 3 is 1.93 bits per heavy atom. The molecule has 0 rings (SSSR count). The predicted octanol–water partition coefficient (Wildman–Crippen LogP) is 3.47. The van der Waals surface area contributed by atoms with E-state index in [1.54, 1.807) is 0 Å². The first-order valence-corrected chi connectivity index (χ1v) is 5.35. The highest BCUT2D eigenvalue weighted by Gasteiger charge is 2.39. The minimum absolute atomic E-state index is 0.144. The average molecular weight is 216 g/mol. The highest BCUT2D eigenvalue weighted by Crippen LogP contribution is 2.34. The fraction of sp³-hybridized carbons (Fsp3) is 0.750. The average Bonchev–Trinajstić information content (AvgIpc) is 2.12. The summed E-state index contributed by atoms with van der Waals surface area (Å²) in [6.45, 7) is 12.8. The normalized spacial score (nSPS) is 12.0. The van der Waals surface area contributed by atoms with Crippen molar-refractivity contribution in [2.75, 3.05) is 0 Å². The monoisotopic (exact) mass is 216 g/mol. The van der Waals surface area contributed by atoms with E-state index in [1.807, 2.05) is 34.6 Å². The van der Waals surface area contributed by atoms with Crippen LogP contribution in [0.2, 0.25) is 0 Å². The van der Waals surface area contributed by atoms with Gasteiger partial charge in [0.1, 0.15) is 5.60 Å². The summed E-state index contributed by atoms with van der Waals surface area (Å²) in [7, 11) is 0. The van der Waals surface area contributed by atoms with Crippen molar-refractivity contribution in [1.29, 1.82) is 0 Å². The van der Waals surface area contributed by atoms with Gasteiger partial charge in [0.05, 0.1) is 0 Å². The summed E-state index contributed by atoms with van der Waals surface area (Å²) < 4.78 is 17.9. The second-order valence-corrected chi connectivity index (χ2v) is 4.41. The molecule has 88 valence electrons. The lowest BCUT2D eigenvalue weighted by molar-refractivity contribution is -0.169. The maximum absolute atomic E-state index is 12.6. The van der Waals surface area contributed by atoms with E-state index < -0.39 is 17.4 Å². The van der Waals surface area contributed by atoms with Crippen LogP contribution >= 0.6 is 0 Å². The number of halogens is 1.